The molecule has 0 bridgehead atoms. The molecular weight excluding hydrogens is 440 g/mol. The van der Waals surface area contributed by atoms with Crippen LogP contribution in [0.3, 0.4) is 0 Å². The summed E-state index contributed by atoms with van der Waals surface area (Å²) in [7, 11) is 3.14. The highest BCUT2D eigenvalue weighted by Gasteiger charge is 2.22. The molecule has 1 heterocycles. The molecular formula is C21H19BrN2O3S. The van der Waals surface area contributed by atoms with E-state index in [2.05, 4.69) is 21.2 Å². The highest BCUT2D eigenvalue weighted by atomic mass is 79.9. The summed E-state index contributed by atoms with van der Waals surface area (Å²) in [6.07, 6.45) is 0. The Morgan fingerprint density at radius 3 is 2.46 bits per heavy atom. The molecule has 2 aromatic carbocycles. The van der Waals surface area contributed by atoms with Gasteiger partial charge in [0.05, 0.1) is 19.3 Å². The van der Waals surface area contributed by atoms with Gasteiger partial charge in [0.25, 0.3) is 5.91 Å². The summed E-state index contributed by atoms with van der Waals surface area (Å²) in [6, 6.07) is 19.0. The minimum absolute atomic E-state index is 0.0676. The third kappa shape index (κ3) is 4.61. The predicted octanol–water partition coefficient (Wildman–Crippen LogP) is 4.90. The van der Waals surface area contributed by atoms with E-state index in [0.29, 0.717) is 16.3 Å². The fourth-order valence-electron chi connectivity index (χ4n) is 2.63. The van der Waals surface area contributed by atoms with E-state index < -0.39 is 0 Å². The second-order valence-electron chi connectivity index (χ2n) is 6.06. The molecule has 0 fully saturated rings. The van der Waals surface area contributed by atoms with Crippen LogP contribution in [-0.2, 0) is 4.79 Å². The van der Waals surface area contributed by atoms with E-state index in [1.54, 1.807) is 13.1 Å². The minimum Gasteiger partial charge on any atom is -0.495 e. The van der Waals surface area contributed by atoms with Gasteiger partial charge in [-0.1, -0.05) is 42.5 Å². The number of carbonyl (C=O) groups is 2. The van der Waals surface area contributed by atoms with E-state index in [9.17, 15) is 9.59 Å². The summed E-state index contributed by atoms with van der Waals surface area (Å²) < 4.78 is 6.17. The Hall–Kier alpha value is -2.64. The van der Waals surface area contributed by atoms with Gasteiger partial charge in [-0.3, -0.25) is 9.59 Å². The van der Waals surface area contributed by atoms with Crippen molar-refractivity contribution >= 4 is 44.8 Å². The number of ether oxygens (including phenoxy) is 1. The van der Waals surface area contributed by atoms with Gasteiger partial charge in [-0.05, 0) is 39.7 Å². The zero-order valence-corrected chi connectivity index (χ0v) is 17.8. The molecule has 28 heavy (non-hydrogen) atoms. The standard InChI is InChI=1S/C21H19BrN2O3S/c1-24(13-19(25)23-16-11-7-6-10-15(16)22)21(26)20-17(27-2)12-18(28-20)14-8-4-3-5-9-14/h3-12H,13H2,1-2H3,(H,23,25). The second kappa shape index (κ2) is 9.03. The van der Waals surface area contributed by atoms with Gasteiger partial charge in [-0.25, -0.2) is 0 Å². The number of nitrogens with zero attached hydrogens (tertiary/aromatic N) is 1. The zero-order valence-electron chi connectivity index (χ0n) is 15.4. The molecule has 0 radical (unpaired) electrons. The van der Waals surface area contributed by atoms with Gasteiger partial charge in [0.1, 0.15) is 10.6 Å². The molecule has 5 nitrogen and oxygen atoms in total. The van der Waals surface area contributed by atoms with Crippen LogP contribution in [0.1, 0.15) is 9.67 Å². The van der Waals surface area contributed by atoms with Gasteiger partial charge >= 0.3 is 0 Å². The average molecular weight is 459 g/mol. The van der Waals surface area contributed by atoms with Crippen molar-refractivity contribution in [2.75, 3.05) is 26.0 Å². The summed E-state index contributed by atoms with van der Waals surface area (Å²) in [6.45, 7) is -0.0676. The van der Waals surface area contributed by atoms with E-state index in [0.717, 1.165) is 14.9 Å². The number of anilines is 1. The lowest BCUT2D eigenvalue weighted by Crippen LogP contribution is -2.34. The zero-order chi connectivity index (χ0) is 20.1. The van der Waals surface area contributed by atoms with Crippen molar-refractivity contribution in [3.05, 3.63) is 70.0 Å². The number of likely N-dealkylation sites (N-methyl/N-ethyl adjacent to an activating group) is 1. The van der Waals surface area contributed by atoms with E-state index in [1.807, 2.05) is 54.6 Å². The molecule has 0 spiro atoms. The number of methoxy groups -OCH3 is 1. The molecule has 3 aromatic rings. The van der Waals surface area contributed by atoms with Gasteiger partial charge in [-0.2, -0.15) is 0 Å². The Bertz CT molecular complexity index is 988. The second-order valence-corrected chi connectivity index (χ2v) is 7.97. The molecule has 1 aromatic heterocycles. The molecule has 0 atom stereocenters. The van der Waals surface area contributed by atoms with Crippen LogP contribution in [0.2, 0.25) is 0 Å². The van der Waals surface area contributed by atoms with Crippen molar-refractivity contribution in [2.24, 2.45) is 0 Å². The fraction of sp³-hybridized carbons (Fsp3) is 0.143. The molecule has 2 amide bonds. The molecule has 0 saturated heterocycles. The third-order valence-corrected chi connectivity index (χ3v) is 5.89. The number of para-hydroxylation sites is 1. The average Bonchev–Trinajstić information content (AvgIpc) is 3.14. The Balaban J connectivity index is 1.73. The fourth-order valence-corrected chi connectivity index (χ4v) is 4.14. The number of rotatable bonds is 6. The minimum atomic E-state index is -0.276. The van der Waals surface area contributed by atoms with Crippen LogP contribution >= 0.6 is 27.3 Å². The monoisotopic (exact) mass is 458 g/mol. The quantitative estimate of drug-likeness (QED) is 0.571. The Morgan fingerprint density at radius 1 is 1.11 bits per heavy atom. The molecule has 0 aliphatic carbocycles. The number of nitrogens with one attached hydrogen (secondary N) is 1. The first-order valence-electron chi connectivity index (χ1n) is 8.52. The first-order valence-corrected chi connectivity index (χ1v) is 10.1. The van der Waals surface area contributed by atoms with Gasteiger partial charge in [0.2, 0.25) is 5.91 Å². The Morgan fingerprint density at radius 2 is 1.79 bits per heavy atom. The smallest absolute Gasteiger partial charge is 0.267 e. The van der Waals surface area contributed by atoms with E-state index in [-0.39, 0.29) is 18.4 Å². The summed E-state index contributed by atoms with van der Waals surface area (Å²) >= 11 is 4.74. The highest BCUT2D eigenvalue weighted by molar-refractivity contribution is 9.10. The molecule has 0 aliphatic rings. The lowest BCUT2D eigenvalue weighted by atomic mass is 10.2. The molecule has 144 valence electrons. The number of thiophene rings is 1. The van der Waals surface area contributed by atoms with Crippen molar-refractivity contribution in [3.63, 3.8) is 0 Å². The predicted molar refractivity (Wildman–Crippen MR) is 116 cm³/mol. The van der Waals surface area contributed by atoms with E-state index in [4.69, 9.17) is 4.74 Å². The first kappa shape index (κ1) is 20.1. The van der Waals surface area contributed by atoms with Gasteiger partial charge in [0.15, 0.2) is 0 Å². The van der Waals surface area contributed by atoms with Crippen molar-refractivity contribution in [2.45, 2.75) is 0 Å². The highest BCUT2D eigenvalue weighted by Crippen LogP contribution is 2.36. The maximum Gasteiger partial charge on any atom is 0.267 e. The lowest BCUT2D eigenvalue weighted by Gasteiger charge is -2.17. The maximum absolute atomic E-state index is 12.9. The van der Waals surface area contributed by atoms with Crippen LogP contribution in [0.25, 0.3) is 10.4 Å². The topological polar surface area (TPSA) is 58.6 Å². The van der Waals surface area contributed by atoms with Crippen molar-refractivity contribution in [1.29, 1.82) is 0 Å². The number of carbonyl (C=O) groups excluding carboxylic acids is 2. The number of hydrogen-bond donors (Lipinski definition) is 1. The lowest BCUT2D eigenvalue weighted by molar-refractivity contribution is -0.116. The van der Waals surface area contributed by atoms with Crippen LogP contribution in [0.15, 0.2) is 65.1 Å². The summed E-state index contributed by atoms with van der Waals surface area (Å²) in [4.78, 5) is 28.0. The third-order valence-electron chi connectivity index (χ3n) is 4.05. The first-order chi connectivity index (χ1) is 13.5. The molecule has 1 N–H and O–H groups in total. The van der Waals surface area contributed by atoms with Crippen LogP contribution in [-0.4, -0.2) is 37.4 Å². The van der Waals surface area contributed by atoms with Crippen molar-refractivity contribution in [3.8, 4) is 16.2 Å². The molecule has 7 heteroatoms. The summed E-state index contributed by atoms with van der Waals surface area (Å²) in [5.41, 5.74) is 1.67. The largest absolute Gasteiger partial charge is 0.495 e. The summed E-state index contributed by atoms with van der Waals surface area (Å²) in [5.74, 6) is -0.0280. The Labute approximate surface area is 176 Å². The normalized spacial score (nSPS) is 10.4. The number of amides is 2. The van der Waals surface area contributed by atoms with E-state index >= 15 is 0 Å². The van der Waals surface area contributed by atoms with Gasteiger partial charge < -0.3 is 15.0 Å². The maximum atomic E-state index is 12.9. The summed E-state index contributed by atoms with van der Waals surface area (Å²) in [5, 5.41) is 2.80. The Kier molecular flexibility index (Phi) is 6.49. The number of halogens is 1. The molecule has 3 rings (SSSR count). The van der Waals surface area contributed by atoms with E-state index in [1.165, 1.54) is 23.3 Å². The molecule has 0 unspecified atom stereocenters. The van der Waals surface area contributed by atoms with Crippen LogP contribution in [0.5, 0.6) is 5.75 Å². The van der Waals surface area contributed by atoms with Gasteiger partial charge in [0, 0.05) is 16.4 Å². The number of hydrogen-bond acceptors (Lipinski definition) is 4. The van der Waals surface area contributed by atoms with Crippen LogP contribution in [0, 0.1) is 0 Å². The van der Waals surface area contributed by atoms with Crippen molar-refractivity contribution in [1.82, 2.24) is 4.90 Å². The van der Waals surface area contributed by atoms with Crippen LogP contribution in [0.4, 0.5) is 5.69 Å². The molecule has 0 saturated carbocycles. The SMILES string of the molecule is COc1cc(-c2ccccc2)sc1C(=O)N(C)CC(=O)Nc1ccccc1Br. The van der Waals surface area contributed by atoms with Crippen molar-refractivity contribution < 1.29 is 14.3 Å². The van der Waals surface area contributed by atoms with Crippen LogP contribution < -0.4 is 10.1 Å². The number of benzene rings is 2. The molecule has 0 aliphatic heterocycles. The van der Waals surface area contributed by atoms with Gasteiger partial charge in [-0.15, -0.1) is 11.3 Å².